The van der Waals surface area contributed by atoms with Gasteiger partial charge in [-0.3, -0.25) is 4.79 Å². The number of carbonyl (C=O) groups is 1. The number of aryl methyl sites for hydroxylation is 1. The molecule has 0 bridgehead atoms. The normalized spacial score (nSPS) is 11.1. The predicted molar refractivity (Wildman–Crippen MR) is 108 cm³/mol. The number of nitrogens with zero attached hydrogens (tertiary/aromatic N) is 3. The Bertz CT molecular complexity index is 1020. The summed E-state index contributed by atoms with van der Waals surface area (Å²) in [5.74, 6) is 1.22. The molecule has 0 aliphatic heterocycles. The minimum absolute atomic E-state index is 0.0391. The van der Waals surface area contributed by atoms with Crippen molar-refractivity contribution in [3.05, 3.63) is 42.5 Å². The Morgan fingerprint density at radius 2 is 1.69 bits per heavy atom. The Kier molecular flexibility index (Phi) is 6.33. The molecule has 1 N–H and O–H groups in total. The van der Waals surface area contributed by atoms with Crippen LogP contribution in [-0.4, -0.2) is 36.4 Å². The van der Waals surface area contributed by atoms with Gasteiger partial charge in [0, 0.05) is 11.9 Å². The predicted octanol–water partition coefficient (Wildman–Crippen LogP) is 4.46. The largest absolute Gasteiger partial charge is 0.497 e. The van der Waals surface area contributed by atoms with Crippen LogP contribution in [0.25, 0.3) is 10.9 Å². The Morgan fingerprint density at radius 1 is 1.03 bits per heavy atom. The lowest BCUT2D eigenvalue weighted by Gasteiger charge is -2.04. The third kappa shape index (κ3) is 4.48. The summed E-state index contributed by atoms with van der Waals surface area (Å²) in [5, 5.41) is 19.0. The molecule has 8 heteroatoms. The number of ether oxygens (including phenoxy) is 3. The molecular formula is C21H23N3O5. The third-order valence-corrected chi connectivity index (χ3v) is 4.35. The van der Waals surface area contributed by atoms with E-state index in [4.69, 9.17) is 14.2 Å². The molecule has 3 aromatic rings. The van der Waals surface area contributed by atoms with E-state index in [2.05, 4.69) is 10.2 Å². The number of methoxy groups -OCH3 is 2. The molecule has 0 atom stereocenters. The van der Waals surface area contributed by atoms with E-state index in [0.717, 1.165) is 11.9 Å². The lowest BCUT2D eigenvalue weighted by molar-refractivity contribution is -0.120. The number of fused-ring (bicyclic) bond motifs is 1. The van der Waals surface area contributed by atoms with Gasteiger partial charge in [-0.05, 0) is 48.9 Å². The van der Waals surface area contributed by atoms with Crippen LogP contribution in [0, 0.1) is 0 Å². The lowest BCUT2D eigenvalue weighted by atomic mass is 10.2. The molecule has 0 saturated heterocycles. The molecule has 8 nitrogen and oxygen atoms in total. The molecule has 2 aromatic carbocycles. The van der Waals surface area contributed by atoms with Crippen LogP contribution in [0.15, 0.2) is 52.7 Å². The fourth-order valence-electron chi connectivity index (χ4n) is 2.93. The maximum atomic E-state index is 12.1. The molecule has 0 spiro atoms. The van der Waals surface area contributed by atoms with Crippen LogP contribution in [0.4, 0.5) is 5.69 Å². The molecule has 1 aromatic heterocycles. The summed E-state index contributed by atoms with van der Waals surface area (Å²) in [6.45, 7) is 2.35. The maximum absolute atomic E-state index is 12.1. The van der Waals surface area contributed by atoms with Crippen molar-refractivity contribution >= 4 is 22.5 Å². The van der Waals surface area contributed by atoms with Crippen LogP contribution >= 0.6 is 0 Å². The highest BCUT2D eigenvalue weighted by Gasteiger charge is 2.17. The van der Waals surface area contributed by atoms with Gasteiger partial charge in [-0.2, -0.15) is 0 Å². The first-order chi connectivity index (χ1) is 14.1. The van der Waals surface area contributed by atoms with Gasteiger partial charge in [0.1, 0.15) is 17.2 Å². The van der Waals surface area contributed by atoms with E-state index in [0.29, 0.717) is 29.2 Å². The molecule has 0 radical (unpaired) electrons. The zero-order valence-corrected chi connectivity index (χ0v) is 16.6. The van der Waals surface area contributed by atoms with Gasteiger partial charge in [-0.25, -0.2) is 0 Å². The molecule has 0 unspecified atom stereocenters. The van der Waals surface area contributed by atoms with Crippen molar-refractivity contribution in [1.29, 1.82) is 0 Å². The summed E-state index contributed by atoms with van der Waals surface area (Å²) >= 11 is 0. The Balaban J connectivity index is 1.79. The molecule has 0 aliphatic rings. The number of azo groups is 1. The van der Waals surface area contributed by atoms with E-state index in [1.165, 1.54) is 0 Å². The van der Waals surface area contributed by atoms with Gasteiger partial charge < -0.3 is 23.9 Å². The second-order valence-electron chi connectivity index (χ2n) is 6.26. The standard InChI is InChI=1S/C21H23N3O5/c1-4-11-24-18-10-9-16(28-3)12-17(18)20(21(24)26)23-22-19(25)13-29-15-7-5-14(27-2)6-8-15/h5-10,12,26H,4,11,13H2,1-3H3. The van der Waals surface area contributed by atoms with Crippen molar-refractivity contribution in [2.24, 2.45) is 10.2 Å². The van der Waals surface area contributed by atoms with Crippen LogP contribution in [-0.2, 0) is 11.3 Å². The fraction of sp³-hybridized carbons (Fsp3) is 0.286. The summed E-state index contributed by atoms with van der Waals surface area (Å²) in [4.78, 5) is 12.1. The van der Waals surface area contributed by atoms with Gasteiger partial charge in [0.2, 0.25) is 5.88 Å². The molecule has 1 amide bonds. The van der Waals surface area contributed by atoms with E-state index in [1.54, 1.807) is 49.1 Å². The fourth-order valence-corrected chi connectivity index (χ4v) is 2.93. The van der Waals surface area contributed by atoms with E-state index >= 15 is 0 Å². The number of hydrogen-bond donors (Lipinski definition) is 1. The van der Waals surface area contributed by atoms with Gasteiger partial charge >= 0.3 is 5.91 Å². The second kappa shape index (κ2) is 9.09. The SMILES string of the molecule is CCCn1c(O)c(N=NC(=O)COc2ccc(OC)cc2)c2cc(OC)ccc21. The third-order valence-electron chi connectivity index (χ3n) is 4.35. The lowest BCUT2D eigenvalue weighted by Crippen LogP contribution is -2.07. The summed E-state index contributed by atoms with van der Waals surface area (Å²) in [5.41, 5.74) is 1.02. The summed E-state index contributed by atoms with van der Waals surface area (Å²) in [7, 11) is 3.13. The number of amides is 1. The molecule has 0 aliphatic carbocycles. The molecule has 29 heavy (non-hydrogen) atoms. The molecule has 0 fully saturated rings. The van der Waals surface area contributed by atoms with Crippen molar-refractivity contribution in [3.8, 4) is 23.1 Å². The highest BCUT2D eigenvalue weighted by Crippen LogP contribution is 2.40. The van der Waals surface area contributed by atoms with Gasteiger partial charge in [-0.1, -0.05) is 6.92 Å². The van der Waals surface area contributed by atoms with E-state index in [-0.39, 0.29) is 18.2 Å². The molecular weight excluding hydrogens is 374 g/mol. The van der Waals surface area contributed by atoms with Crippen LogP contribution in [0.3, 0.4) is 0 Å². The molecule has 152 valence electrons. The number of aromatic nitrogens is 1. The Hall–Kier alpha value is -3.55. The minimum atomic E-state index is -0.570. The smallest absolute Gasteiger partial charge is 0.302 e. The van der Waals surface area contributed by atoms with Crippen LogP contribution in [0.5, 0.6) is 23.1 Å². The van der Waals surface area contributed by atoms with Gasteiger partial charge in [0.25, 0.3) is 0 Å². The average molecular weight is 397 g/mol. The highest BCUT2D eigenvalue weighted by molar-refractivity contribution is 5.96. The number of benzene rings is 2. The van der Waals surface area contributed by atoms with Crippen molar-refractivity contribution in [3.63, 3.8) is 0 Å². The van der Waals surface area contributed by atoms with E-state index in [1.807, 2.05) is 19.1 Å². The quantitative estimate of drug-likeness (QED) is 0.566. The van der Waals surface area contributed by atoms with Gasteiger partial charge in [-0.15, -0.1) is 10.2 Å². The second-order valence-corrected chi connectivity index (χ2v) is 6.26. The Labute approximate surface area is 168 Å². The Morgan fingerprint density at radius 3 is 2.34 bits per heavy atom. The summed E-state index contributed by atoms with van der Waals surface area (Å²) in [6.07, 6.45) is 0.828. The first kappa shape index (κ1) is 20.2. The summed E-state index contributed by atoms with van der Waals surface area (Å²) in [6, 6.07) is 12.3. The number of aromatic hydroxyl groups is 1. The van der Waals surface area contributed by atoms with Crippen molar-refractivity contribution in [2.75, 3.05) is 20.8 Å². The van der Waals surface area contributed by atoms with Gasteiger partial charge in [0.05, 0.1) is 19.7 Å². The van der Waals surface area contributed by atoms with Crippen molar-refractivity contribution in [1.82, 2.24) is 4.57 Å². The number of hydrogen-bond acceptors (Lipinski definition) is 6. The topological polar surface area (TPSA) is 94.6 Å². The molecule has 1 heterocycles. The minimum Gasteiger partial charge on any atom is -0.497 e. The first-order valence-corrected chi connectivity index (χ1v) is 9.18. The first-order valence-electron chi connectivity index (χ1n) is 9.18. The molecule has 0 saturated carbocycles. The van der Waals surface area contributed by atoms with E-state index in [9.17, 15) is 9.90 Å². The maximum Gasteiger partial charge on any atom is 0.302 e. The molecule has 3 rings (SSSR count). The van der Waals surface area contributed by atoms with Crippen LogP contribution in [0.2, 0.25) is 0 Å². The van der Waals surface area contributed by atoms with E-state index < -0.39 is 5.91 Å². The summed E-state index contributed by atoms with van der Waals surface area (Å²) < 4.78 is 17.5. The van der Waals surface area contributed by atoms with Crippen molar-refractivity contribution < 1.29 is 24.1 Å². The number of rotatable bonds is 8. The number of carbonyl (C=O) groups excluding carboxylic acids is 1. The van der Waals surface area contributed by atoms with Gasteiger partial charge in [0.15, 0.2) is 12.3 Å². The average Bonchev–Trinajstić information content (AvgIpc) is 3.01. The highest BCUT2D eigenvalue weighted by atomic mass is 16.5. The van der Waals surface area contributed by atoms with Crippen LogP contribution in [0.1, 0.15) is 13.3 Å². The van der Waals surface area contributed by atoms with Crippen LogP contribution < -0.4 is 14.2 Å². The monoisotopic (exact) mass is 397 g/mol. The zero-order valence-electron chi connectivity index (χ0n) is 16.6. The van der Waals surface area contributed by atoms with Crippen molar-refractivity contribution in [2.45, 2.75) is 19.9 Å². The zero-order chi connectivity index (χ0) is 20.8.